The molecular weight excluding hydrogens is 307 g/mol. The molecule has 0 saturated heterocycles. The fourth-order valence-electron chi connectivity index (χ4n) is 1.83. The van der Waals surface area contributed by atoms with Crippen molar-refractivity contribution in [3.8, 4) is 0 Å². The first-order valence-electron chi connectivity index (χ1n) is 6.65. The Morgan fingerprint density at radius 1 is 1.00 bits per heavy atom. The number of hydrogen-bond acceptors (Lipinski definition) is 2. The van der Waals surface area contributed by atoms with Gasteiger partial charge in [-0.15, -0.1) is 0 Å². The highest BCUT2D eigenvalue weighted by molar-refractivity contribution is 6.41. The molecule has 0 atom stereocenters. The van der Waals surface area contributed by atoms with Gasteiger partial charge in [0, 0.05) is 6.54 Å². The van der Waals surface area contributed by atoms with E-state index in [0.717, 1.165) is 0 Å². The van der Waals surface area contributed by atoms with Crippen LogP contribution in [0.2, 0.25) is 5.02 Å². The molecule has 0 heterocycles. The second kappa shape index (κ2) is 7.56. The van der Waals surface area contributed by atoms with Crippen LogP contribution < -0.4 is 10.6 Å². The summed E-state index contributed by atoms with van der Waals surface area (Å²) in [5.41, 5.74) is 0.840. The third-order valence-corrected chi connectivity index (χ3v) is 3.30. The monoisotopic (exact) mass is 320 g/mol. The van der Waals surface area contributed by atoms with Crippen molar-refractivity contribution in [1.82, 2.24) is 5.32 Å². The predicted octanol–water partition coefficient (Wildman–Crippen LogP) is 2.78. The molecule has 2 N–H and O–H groups in total. The molecule has 114 valence electrons. The average molecular weight is 321 g/mol. The third kappa shape index (κ3) is 4.30. The predicted molar refractivity (Wildman–Crippen MR) is 83.2 cm³/mol. The zero-order valence-electron chi connectivity index (χ0n) is 11.6. The topological polar surface area (TPSA) is 58.2 Å². The molecule has 0 aromatic heterocycles. The number of anilines is 1. The minimum absolute atomic E-state index is 0.162. The highest BCUT2D eigenvalue weighted by atomic mass is 35.5. The zero-order valence-corrected chi connectivity index (χ0v) is 12.4. The van der Waals surface area contributed by atoms with E-state index in [1.54, 1.807) is 42.5 Å². The van der Waals surface area contributed by atoms with Crippen LogP contribution in [0.3, 0.4) is 0 Å². The molecule has 2 aromatic carbocycles. The Kier molecular flexibility index (Phi) is 5.49. The second-order valence-corrected chi connectivity index (χ2v) is 4.94. The van der Waals surface area contributed by atoms with E-state index in [1.165, 1.54) is 6.07 Å². The lowest BCUT2D eigenvalue weighted by Crippen LogP contribution is -2.36. The first kappa shape index (κ1) is 16.0. The molecule has 4 nitrogen and oxygen atoms in total. The van der Waals surface area contributed by atoms with Gasteiger partial charge in [0.2, 0.25) is 0 Å². The molecule has 0 bridgehead atoms. The van der Waals surface area contributed by atoms with Gasteiger partial charge in [-0.05, 0) is 30.2 Å². The molecule has 0 aliphatic rings. The number of para-hydroxylation sites is 1. The Hall–Kier alpha value is -2.40. The summed E-state index contributed by atoms with van der Waals surface area (Å²) in [5, 5.41) is 5.19. The molecule has 22 heavy (non-hydrogen) atoms. The zero-order chi connectivity index (χ0) is 15.9. The molecular formula is C16H14ClFN2O2. The van der Waals surface area contributed by atoms with Crippen LogP contribution in [0.1, 0.15) is 5.56 Å². The van der Waals surface area contributed by atoms with Gasteiger partial charge in [0.1, 0.15) is 5.82 Å². The van der Waals surface area contributed by atoms with Gasteiger partial charge in [0.15, 0.2) is 0 Å². The van der Waals surface area contributed by atoms with Crippen LogP contribution in [-0.4, -0.2) is 18.4 Å². The maximum atomic E-state index is 13.4. The Labute approximate surface area is 132 Å². The van der Waals surface area contributed by atoms with Crippen LogP contribution in [0.4, 0.5) is 10.1 Å². The van der Waals surface area contributed by atoms with Crippen molar-refractivity contribution in [1.29, 1.82) is 0 Å². The lowest BCUT2D eigenvalue weighted by atomic mass is 10.1. The number of carbonyl (C=O) groups excluding carboxylic acids is 2. The van der Waals surface area contributed by atoms with E-state index in [-0.39, 0.29) is 12.4 Å². The van der Waals surface area contributed by atoms with Crippen LogP contribution in [-0.2, 0) is 16.0 Å². The summed E-state index contributed by atoms with van der Waals surface area (Å²) in [4.78, 5) is 23.4. The summed E-state index contributed by atoms with van der Waals surface area (Å²) in [7, 11) is 0. The molecule has 0 aliphatic heterocycles. The minimum atomic E-state index is -0.818. The van der Waals surface area contributed by atoms with E-state index in [1.807, 2.05) is 0 Å². The van der Waals surface area contributed by atoms with Crippen molar-refractivity contribution in [2.45, 2.75) is 6.42 Å². The smallest absolute Gasteiger partial charge is 0.313 e. The molecule has 0 fully saturated rings. The Balaban J connectivity index is 1.83. The largest absolute Gasteiger partial charge is 0.347 e. The molecule has 0 spiro atoms. The average Bonchev–Trinajstić information content (AvgIpc) is 2.51. The maximum absolute atomic E-state index is 13.4. The standard InChI is InChI=1S/C16H14ClFN2O2/c17-12-6-2-4-8-14(12)20-16(22)15(21)19-10-9-11-5-1-3-7-13(11)18/h1-8H,9-10H2,(H,19,21)(H,20,22). The molecule has 6 heteroatoms. The van der Waals surface area contributed by atoms with E-state index in [9.17, 15) is 14.0 Å². The van der Waals surface area contributed by atoms with Crippen molar-refractivity contribution in [2.75, 3.05) is 11.9 Å². The van der Waals surface area contributed by atoms with Gasteiger partial charge in [-0.1, -0.05) is 41.9 Å². The van der Waals surface area contributed by atoms with E-state index in [2.05, 4.69) is 10.6 Å². The van der Waals surface area contributed by atoms with Crippen LogP contribution in [0.25, 0.3) is 0 Å². The van der Waals surface area contributed by atoms with Crippen LogP contribution in [0.15, 0.2) is 48.5 Å². The first-order chi connectivity index (χ1) is 10.6. The number of halogens is 2. The Morgan fingerprint density at radius 2 is 1.68 bits per heavy atom. The fourth-order valence-corrected chi connectivity index (χ4v) is 2.02. The fraction of sp³-hybridized carbons (Fsp3) is 0.125. The quantitative estimate of drug-likeness (QED) is 0.851. The number of rotatable bonds is 4. The van der Waals surface area contributed by atoms with Gasteiger partial charge in [-0.25, -0.2) is 4.39 Å². The van der Waals surface area contributed by atoms with Crippen LogP contribution >= 0.6 is 11.6 Å². The molecule has 0 unspecified atom stereocenters. The summed E-state index contributed by atoms with van der Waals surface area (Å²) in [5.74, 6) is -1.95. The molecule has 2 aromatic rings. The molecule has 0 radical (unpaired) electrons. The second-order valence-electron chi connectivity index (χ2n) is 4.53. The van der Waals surface area contributed by atoms with Crippen molar-refractivity contribution in [3.05, 3.63) is 64.9 Å². The number of nitrogens with one attached hydrogen (secondary N) is 2. The SMILES string of the molecule is O=C(NCCc1ccccc1F)C(=O)Nc1ccccc1Cl. The van der Waals surface area contributed by atoms with Crippen molar-refractivity contribution in [2.24, 2.45) is 0 Å². The van der Waals surface area contributed by atoms with Gasteiger partial charge in [-0.3, -0.25) is 9.59 Å². The van der Waals surface area contributed by atoms with Gasteiger partial charge in [-0.2, -0.15) is 0 Å². The highest BCUT2D eigenvalue weighted by Gasteiger charge is 2.14. The summed E-state index contributed by atoms with van der Waals surface area (Å²) >= 11 is 5.89. The first-order valence-corrected chi connectivity index (χ1v) is 7.03. The third-order valence-electron chi connectivity index (χ3n) is 2.97. The van der Waals surface area contributed by atoms with Crippen molar-refractivity contribution in [3.63, 3.8) is 0 Å². The number of amides is 2. The summed E-state index contributed by atoms with van der Waals surface area (Å²) in [6.45, 7) is 0.162. The summed E-state index contributed by atoms with van der Waals surface area (Å²) in [6.07, 6.45) is 0.303. The van der Waals surface area contributed by atoms with Crippen molar-refractivity contribution >= 4 is 29.1 Å². The lowest BCUT2D eigenvalue weighted by molar-refractivity contribution is -0.136. The number of carbonyl (C=O) groups is 2. The van der Waals surface area contributed by atoms with Gasteiger partial charge in [0.25, 0.3) is 0 Å². The molecule has 0 aliphatic carbocycles. The number of hydrogen-bond donors (Lipinski definition) is 2. The Morgan fingerprint density at radius 3 is 2.41 bits per heavy atom. The van der Waals surface area contributed by atoms with Crippen molar-refractivity contribution < 1.29 is 14.0 Å². The molecule has 0 saturated carbocycles. The lowest BCUT2D eigenvalue weighted by Gasteiger charge is -2.08. The van der Waals surface area contributed by atoms with E-state index in [0.29, 0.717) is 22.7 Å². The van der Waals surface area contributed by atoms with Gasteiger partial charge in [0.05, 0.1) is 10.7 Å². The Bertz CT molecular complexity index is 691. The van der Waals surface area contributed by atoms with E-state index >= 15 is 0 Å². The van der Waals surface area contributed by atoms with E-state index in [4.69, 9.17) is 11.6 Å². The summed E-state index contributed by atoms with van der Waals surface area (Å²) in [6, 6.07) is 12.9. The summed E-state index contributed by atoms with van der Waals surface area (Å²) < 4.78 is 13.4. The van der Waals surface area contributed by atoms with Gasteiger partial charge >= 0.3 is 11.8 Å². The highest BCUT2D eigenvalue weighted by Crippen LogP contribution is 2.20. The van der Waals surface area contributed by atoms with E-state index < -0.39 is 11.8 Å². The van der Waals surface area contributed by atoms with Crippen LogP contribution in [0.5, 0.6) is 0 Å². The van der Waals surface area contributed by atoms with Crippen LogP contribution in [0, 0.1) is 5.82 Å². The minimum Gasteiger partial charge on any atom is -0.347 e. The van der Waals surface area contributed by atoms with Gasteiger partial charge < -0.3 is 10.6 Å². The maximum Gasteiger partial charge on any atom is 0.313 e. The normalized spacial score (nSPS) is 10.1. The number of benzene rings is 2. The molecule has 2 rings (SSSR count). The molecule has 2 amide bonds.